The highest BCUT2D eigenvalue weighted by Gasteiger charge is 2.55. The lowest BCUT2D eigenvalue weighted by Crippen LogP contribution is -2.48. The maximum absolute atomic E-state index is 13.4. The number of rotatable bonds is 5. The van der Waals surface area contributed by atoms with E-state index in [0.717, 1.165) is 27.0 Å². The number of ether oxygens (including phenoxy) is 2. The van der Waals surface area contributed by atoms with Gasteiger partial charge in [-0.05, 0) is 40.6 Å². The van der Waals surface area contributed by atoms with E-state index in [1.54, 1.807) is 32.4 Å². The number of hydrogen-bond acceptors (Lipinski definition) is 5. The SMILES string of the molecule is COc1ccc2cc(CN(C)C(=O)CN3C(=O)NC4(CCOc5ccccc54)C3=O)ccc2c1. The number of nitrogens with zero attached hydrogens (tertiary/aromatic N) is 2. The first kappa shape index (κ1) is 21.8. The molecule has 1 N–H and O–H groups in total. The third-order valence-electron chi connectivity index (χ3n) is 6.51. The summed E-state index contributed by atoms with van der Waals surface area (Å²) in [4.78, 5) is 41.6. The molecule has 174 valence electrons. The standard InChI is InChI=1S/C26H25N3O5/c1-28(15-17-7-8-19-14-20(33-2)10-9-18(19)13-17)23(30)16-29-24(31)26(27-25(29)32)11-12-34-22-6-4-3-5-21(22)26/h3-10,13-14H,11-12,15-16H2,1-2H3,(H,27,32). The van der Waals surface area contributed by atoms with E-state index < -0.39 is 17.5 Å². The van der Waals surface area contributed by atoms with Gasteiger partial charge in [-0.3, -0.25) is 14.5 Å². The van der Waals surface area contributed by atoms with Gasteiger partial charge in [0.15, 0.2) is 5.54 Å². The van der Waals surface area contributed by atoms with Crippen LogP contribution in [0.25, 0.3) is 10.8 Å². The fraction of sp³-hybridized carbons (Fsp3) is 0.269. The summed E-state index contributed by atoms with van der Waals surface area (Å²) in [6.07, 6.45) is 0.316. The molecule has 1 fully saturated rings. The molecule has 0 aromatic heterocycles. The van der Waals surface area contributed by atoms with E-state index in [1.807, 2.05) is 42.5 Å². The topological polar surface area (TPSA) is 88.2 Å². The summed E-state index contributed by atoms with van der Waals surface area (Å²) in [6, 6.07) is 18.4. The Morgan fingerprint density at radius 2 is 1.88 bits per heavy atom. The second-order valence-corrected chi connectivity index (χ2v) is 8.62. The summed E-state index contributed by atoms with van der Waals surface area (Å²) in [5.41, 5.74) is 0.376. The second kappa shape index (κ2) is 8.37. The summed E-state index contributed by atoms with van der Waals surface area (Å²) in [7, 11) is 3.29. The monoisotopic (exact) mass is 459 g/mol. The molecule has 5 rings (SSSR count). The minimum absolute atomic E-state index is 0.304. The molecule has 4 amide bonds. The number of imide groups is 1. The van der Waals surface area contributed by atoms with Gasteiger partial charge in [0, 0.05) is 25.6 Å². The molecular formula is C26H25N3O5. The molecule has 1 atom stereocenters. The molecule has 8 nitrogen and oxygen atoms in total. The van der Waals surface area contributed by atoms with Crippen molar-refractivity contribution in [3.8, 4) is 11.5 Å². The first-order valence-electron chi connectivity index (χ1n) is 11.1. The molecule has 2 aliphatic rings. The van der Waals surface area contributed by atoms with Crippen molar-refractivity contribution >= 4 is 28.6 Å². The number of amides is 4. The number of carbonyl (C=O) groups excluding carboxylic acids is 3. The number of para-hydroxylation sites is 1. The average Bonchev–Trinajstić information content (AvgIpc) is 3.08. The predicted octanol–water partition coefficient (Wildman–Crippen LogP) is 3.04. The van der Waals surface area contributed by atoms with E-state index in [2.05, 4.69) is 5.32 Å². The van der Waals surface area contributed by atoms with Crippen LogP contribution in [0.3, 0.4) is 0 Å². The van der Waals surface area contributed by atoms with Crippen LogP contribution in [-0.2, 0) is 21.7 Å². The third-order valence-corrected chi connectivity index (χ3v) is 6.51. The number of methoxy groups -OCH3 is 1. The van der Waals surface area contributed by atoms with Crippen molar-refractivity contribution in [2.45, 2.75) is 18.5 Å². The minimum atomic E-state index is -1.19. The smallest absolute Gasteiger partial charge is 0.325 e. The fourth-order valence-corrected chi connectivity index (χ4v) is 4.63. The third kappa shape index (κ3) is 3.61. The Balaban J connectivity index is 1.30. The lowest BCUT2D eigenvalue weighted by molar-refractivity contribution is -0.139. The zero-order valence-corrected chi connectivity index (χ0v) is 19.0. The molecule has 0 saturated carbocycles. The van der Waals surface area contributed by atoms with Gasteiger partial charge in [0.05, 0.1) is 13.7 Å². The number of benzene rings is 3. The molecule has 2 heterocycles. The number of likely N-dealkylation sites (N-methyl/N-ethyl adjacent to an activating group) is 1. The molecule has 0 aliphatic carbocycles. The molecular weight excluding hydrogens is 434 g/mol. The fourth-order valence-electron chi connectivity index (χ4n) is 4.63. The van der Waals surface area contributed by atoms with Gasteiger partial charge in [0.2, 0.25) is 5.91 Å². The van der Waals surface area contributed by atoms with Crippen molar-refractivity contribution in [2.75, 3.05) is 27.3 Å². The summed E-state index contributed by atoms with van der Waals surface area (Å²) in [5, 5.41) is 4.90. The summed E-state index contributed by atoms with van der Waals surface area (Å²) >= 11 is 0. The summed E-state index contributed by atoms with van der Waals surface area (Å²) in [5.74, 6) is 0.609. The Morgan fingerprint density at radius 3 is 2.71 bits per heavy atom. The van der Waals surface area contributed by atoms with Crippen molar-refractivity contribution in [2.24, 2.45) is 0 Å². The van der Waals surface area contributed by atoms with Gasteiger partial charge in [-0.1, -0.05) is 36.4 Å². The Kier molecular flexibility index (Phi) is 5.36. The number of hydrogen-bond donors (Lipinski definition) is 1. The Hall–Kier alpha value is -4.07. The quantitative estimate of drug-likeness (QED) is 0.593. The van der Waals surface area contributed by atoms with Crippen molar-refractivity contribution in [1.29, 1.82) is 0 Å². The molecule has 1 unspecified atom stereocenters. The number of urea groups is 1. The number of carbonyl (C=O) groups is 3. The Labute approximate surface area is 197 Å². The van der Waals surface area contributed by atoms with E-state index in [-0.39, 0.29) is 12.5 Å². The molecule has 3 aromatic carbocycles. The lowest BCUT2D eigenvalue weighted by Gasteiger charge is -2.33. The molecule has 1 spiro atoms. The van der Waals surface area contributed by atoms with E-state index in [1.165, 1.54) is 4.90 Å². The van der Waals surface area contributed by atoms with Crippen LogP contribution in [0.4, 0.5) is 4.79 Å². The zero-order valence-electron chi connectivity index (χ0n) is 19.0. The molecule has 34 heavy (non-hydrogen) atoms. The van der Waals surface area contributed by atoms with Crippen molar-refractivity contribution in [3.05, 3.63) is 71.8 Å². The molecule has 8 heteroatoms. The van der Waals surface area contributed by atoms with Crippen LogP contribution in [0.15, 0.2) is 60.7 Å². The van der Waals surface area contributed by atoms with E-state index in [4.69, 9.17) is 9.47 Å². The largest absolute Gasteiger partial charge is 0.497 e. The number of nitrogens with one attached hydrogen (secondary N) is 1. The highest BCUT2D eigenvalue weighted by Crippen LogP contribution is 2.40. The number of fused-ring (bicyclic) bond motifs is 3. The first-order valence-corrected chi connectivity index (χ1v) is 11.1. The predicted molar refractivity (Wildman–Crippen MR) is 125 cm³/mol. The first-order chi connectivity index (χ1) is 16.4. The van der Waals surface area contributed by atoms with Crippen LogP contribution in [0.2, 0.25) is 0 Å². The summed E-state index contributed by atoms with van der Waals surface area (Å²) in [6.45, 7) is 0.335. The average molecular weight is 460 g/mol. The molecule has 0 radical (unpaired) electrons. The van der Waals surface area contributed by atoms with Gasteiger partial charge < -0.3 is 19.7 Å². The van der Waals surface area contributed by atoms with Gasteiger partial charge >= 0.3 is 6.03 Å². The van der Waals surface area contributed by atoms with Crippen molar-refractivity contribution in [3.63, 3.8) is 0 Å². The normalized spacial score (nSPS) is 19.1. The van der Waals surface area contributed by atoms with Gasteiger partial charge in [-0.2, -0.15) is 0 Å². The molecule has 2 aliphatic heterocycles. The molecule has 0 bridgehead atoms. The zero-order chi connectivity index (χ0) is 23.9. The highest BCUT2D eigenvalue weighted by atomic mass is 16.5. The minimum Gasteiger partial charge on any atom is -0.497 e. The Bertz CT molecular complexity index is 1310. The van der Waals surface area contributed by atoms with Crippen LogP contribution in [0.5, 0.6) is 11.5 Å². The van der Waals surface area contributed by atoms with Crippen LogP contribution in [0.1, 0.15) is 17.5 Å². The van der Waals surface area contributed by atoms with Crippen molar-refractivity contribution in [1.82, 2.24) is 15.1 Å². The van der Waals surface area contributed by atoms with Crippen LogP contribution >= 0.6 is 0 Å². The van der Waals surface area contributed by atoms with Crippen LogP contribution < -0.4 is 14.8 Å². The van der Waals surface area contributed by atoms with Crippen LogP contribution in [-0.4, -0.2) is 55.0 Å². The highest BCUT2D eigenvalue weighted by molar-refractivity contribution is 6.09. The summed E-state index contributed by atoms with van der Waals surface area (Å²) < 4.78 is 10.9. The maximum Gasteiger partial charge on any atom is 0.325 e. The maximum atomic E-state index is 13.4. The van der Waals surface area contributed by atoms with E-state index >= 15 is 0 Å². The van der Waals surface area contributed by atoms with E-state index in [0.29, 0.717) is 30.9 Å². The van der Waals surface area contributed by atoms with Gasteiger partial charge in [0.25, 0.3) is 5.91 Å². The van der Waals surface area contributed by atoms with Crippen LogP contribution in [0, 0.1) is 0 Å². The van der Waals surface area contributed by atoms with Crippen molar-refractivity contribution < 1.29 is 23.9 Å². The van der Waals surface area contributed by atoms with Gasteiger partial charge in [0.1, 0.15) is 18.0 Å². The van der Waals surface area contributed by atoms with E-state index in [9.17, 15) is 14.4 Å². The van der Waals surface area contributed by atoms with Gasteiger partial charge in [-0.15, -0.1) is 0 Å². The second-order valence-electron chi connectivity index (χ2n) is 8.62. The lowest BCUT2D eigenvalue weighted by atomic mass is 9.84. The van der Waals surface area contributed by atoms with Gasteiger partial charge in [-0.25, -0.2) is 4.79 Å². The molecule has 1 saturated heterocycles. The Morgan fingerprint density at radius 1 is 1.12 bits per heavy atom. The molecule has 3 aromatic rings.